The number of carbonyl (C=O) groups is 1. The highest BCUT2D eigenvalue weighted by atomic mass is 32.2. The minimum Gasteiger partial charge on any atom is -0.384 e. The number of urea groups is 1. The summed E-state index contributed by atoms with van der Waals surface area (Å²) in [6, 6.07) is 8.80. The lowest BCUT2D eigenvalue weighted by Gasteiger charge is -2.07. The van der Waals surface area contributed by atoms with Crippen molar-refractivity contribution >= 4 is 40.6 Å². The first kappa shape index (κ1) is 18.2. The van der Waals surface area contributed by atoms with Crippen molar-refractivity contribution in [3.8, 4) is 11.4 Å². The van der Waals surface area contributed by atoms with E-state index in [0.29, 0.717) is 23.1 Å². The van der Waals surface area contributed by atoms with Gasteiger partial charge in [-0.15, -0.1) is 11.3 Å². The summed E-state index contributed by atoms with van der Waals surface area (Å²) < 4.78 is 1.01. The third kappa shape index (κ3) is 4.70. The van der Waals surface area contributed by atoms with Crippen molar-refractivity contribution < 1.29 is 4.79 Å². The predicted octanol–water partition coefficient (Wildman–Crippen LogP) is 3.53. The third-order valence-electron chi connectivity index (χ3n) is 3.37. The maximum Gasteiger partial charge on any atom is 0.318 e. The normalized spacial score (nSPS) is 10.5. The van der Waals surface area contributed by atoms with Crippen LogP contribution in [-0.4, -0.2) is 28.0 Å². The van der Waals surface area contributed by atoms with Crippen molar-refractivity contribution in [2.75, 3.05) is 18.1 Å². The molecule has 0 saturated carbocycles. The number of thiazole rings is 1. The van der Waals surface area contributed by atoms with Gasteiger partial charge in [-0.3, -0.25) is 0 Å². The van der Waals surface area contributed by atoms with Gasteiger partial charge in [0.25, 0.3) is 0 Å². The summed E-state index contributed by atoms with van der Waals surface area (Å²) in [4.78, 5) is 24.7. The number of nitrogens with zero attached hydrogens (tertiary/aromatic N) is 3. The molecule has 1 aromatic carbocycles. The van der Waals surface area contributed by atoms with Crippen LogP contribution in [-0.2, 0) is 5.75 Å². The fraction of sp³-hybridized carbons (Fsp3) is 0.176. The number of hydrogen-bond acceptors (Lipinski definition) is 7. The van der Waals surface area contributed by atoms with Crippen molar-refractivity contribution in [1.29, 1.82) is 0 Å². The van der Waals surface area contributed by atoms with Crippen molar-refractivity contribution in [3.63, 3.8) is 0 Å². The molecule has 0 aliphatic rings. The zero-order valence-electron chi connectivity index (χ0n) is 14.3. The molecule has 3 aromatic rings. The molecular weight excluding hydrogens is 368 g/mol. The number of benzene rings is 1. The summed E-state index contributed by atoms with van der Waals surface area (Å²) in [7, 11) is 1.57. The Morgan fingerprint density at radius 1 is 1.23 bits per heavy atom. The van der Waals surface area contributed by atoms with Crippen molar-refractivity contribution in [2.45, 2.75) is 17.0 Å². The molecule has 3 rings (SSSR count). The van der Waals surface area contributed by atoms with Gasteiger partial charge in [0.15, 0.2) is 5.82 Å². The number of rotatable bonds is 5. The molecule has 0 radical (unpaired) electrons. The number of hydrogen-bond donors (Lipinski definition) is 3. The van der Waals surface area contributed by atoms with Crippen LogP contribution < -0.4 is 16.4 Å². The lowest BCUT2D eigenvalue weighted by atomic mass is 10.2. The SMILES string of the molecule is CNC(=O)Nc1ccc(-c2nc(N)cc(CSc3nc(C)cs3)n2)cc1. The van der Waals surface area contributed by atoms with E-state index in [9.17, 15) is 4.79 Å². The van der Waals surface area contributed by atoms with E-state index in [0.717, 1.165) is 21.3 Å². The van der Waals surface area contributed by atoms with Gasteiger partial charge in [-0.2, -0.15) is 0 Å². The van der Waals surface area contributed by atoms with Gasteiger partial charge >= 0.3 is 6.03 Å². The smallest absolute Gasteiger partial charge is 0.318 e. The van der Waals surface area contributed by atoms with Crippen LogP contribution >= 0.6 is 23.1 Å². The Labute approximate surface area is 159 Å². The Balaban J connectivity index is 1.75. The first-order valence-corrected chi connectivity index (χ1v) is 9.67. The third-order valence-corrected chi connectivity index (χ3v) is 5.54. The van der Waals surface area contributed by atoms with Crippen molar-refractivity contribution in [2.24, 2.45) is 0 Å². The molecule has 4 N–H and O–H groups in total. The lowest BCUT2D eigenvalue weighted by Crippen LogP contribution is -2.24. The van der Waals surface area contributed by atoms with E-state index >= 15 is 0 Å². The molecule has 2 heterocycles. The first-order chi connectivity index (χ1) is 12.5. The van der Waals surface area contributed by atoms with E-state index in [1.54, 1.807) is 48.3 Å². The zero-order valence-corrected chi connectivity index (χ0v) is 15.9. The monoisotopic (exact) mass is 386 g/mol. The molecule has 0 saturated heterocycles. The van der Waals surface area contributed by atoms with Crippen molar-refractivity contribution in [3.05, 3.63) is 47.1 Å². The van der Waals surface area contributed by atoms with Gasteiger partial charge in [0.05, 0.1) is 5.69 Å². The van der Waals surface area contributed by atoms with Crippen LogP contribution in [0.15, 0.2) is 40.1 Å². The van der Waals surface area contributed by atoms with E-state index in [4.69, 9.17) is 5.73 Å². The maximum atomic E-state index is 11.3. The van der Waals surface area contributed by atoms with Gasteiger partial charge in [0.2, 0.25) is 0 Å². The lowest BCUT2D eigenvalue weighted by molar-refractivity contribution is 0.254. The van der Waals surface area contributed by atoms with Crippen LogP contribution in [0.5, 0.6) is 0 Å². The standard InChI is InChI=1S/C17H18N6OS2/c1-10-8-25-17(20-10)26-9-13-7-14(18)23-15(21-13)11-3-5-12(6-4-11)22-16(24)19-2/h3-8H,9H2,1-2H3,(H2,18,21,23)(H2,19,22,24). The van der Waals surface area contributed by atoms with Gasteiger partial charge in [-0.25, -0.2) is 19.7 Å². The predicted molar refractivity (Wildman–Crippen MR) is 106 cm³/mol. The highest BCUT2D eigenvalue weighted by Crippen LogP contribution is 2.27. The average molecular weight is 387 g/mol. The Morgan fingerprint density at radius 3 is 2.65 bits per heavy atom. The molecule has 0 aliphatic carbocycles. The Bertz CT molecular complexity index is 910. The molecule has 0 atom stereocenters. The number of amides is 2. The van der Waals surface area contributed by atoms with Gasteiger partial charge in [-0.1, -0.05) is 11.8 Å². The van der Waals surface area contributed by atoms with E-state index < -0.39 is 0 Å². The fourth-order valence-corrected chi connectivity index (χ4v) is 3.89. The van der Waals surface area contributed by atoms with Crippen molar-refractivity contribution in [1.82, 2.24) is 20.3 Å². The summed E-state index contributed by atoms with van der Waals surface area (Å²) in [5.41, 5.74) is 9.33. The molecule has 134 valence electrons. The number of nitrogen functional groups attached to an aromatic ring is 1. The topological polar surface area (TPSA) is 106 Å². The molecule has 0 fully saturated rings. The quantitative estimate of drug-likeness (QED) is 0.579. The molecule has 0 aliphatic heterocycles. The number of aryl methyl sites for hydroxylation is 1. The maximum absolute atomic E-state index is 11.3. The summed E-state index contributed by atoms with van der Waals surface area (Å²) in [5.74, 6) is 1.65. The number of thioether (sulfide) groups is 1. The Hall–Kier alpha value is -2.65. The van der Waals surface area contributed by atoms with E-state index in [1.165, 1.54) is 0 Å². The Kier molecular flexibility index (Phi) is 5.69. The zero-order chi connectivity index (χ0) is 18.5. The number of carbonyl (C=O) groups excluding carboxylic acids is 1. The van der Waals surface area contributed by atoms with Gasteiger partial charge in [-0.05, 0) is 31.2 Å². The molecule has 7 nitrogen and oxygen atoms in total. The largest absolute Gasteiger partial charge is 0.384 e. The molecule has 0 bridgehead atoms. The van der Waals surface area contributed by atoms with Crippen LogP contribution in [0.2, 0.25) is 0 Å². The molecule has 0 unspecified atom stereocenters. The minimum atomic E-state index is -0.269. The average Bonchev–Trinajstić information content (AvgIpc) is 3.05. The molecular formula is C17H18N6OS2. The van der Waals surface area contributed by atoms with Gasteiger partial charge < -0.3 is 16.4 Å². The van der Waals surface area contributed by atoms with Crippen LogP contribution in [0, 0.1) is 6.92 Å². The molecule has 2 amide bonds. The molecule has 0 spiro atoms. The van der Waals surface area contributed by atoms with E-state index in [2.05, 4.69) is 25.6 Å². The molecule has 9 heteroatoms. The summed E-state index contributed by atoms with van der Waals surface area (Å²) >= 11 is 3.25. The number of anilines is 2. The number of nitrogens with one attached hydrogen (secondary N) is 2. The fourth-order valence-electron chi connectivity index (χ4n) is 2.15. The van der Waals surface area contributed by atoms with Gasteiger partial charge in [0.1, 0.15) is 10.2 Å². The van der Waals surface area contributed by atoms with Gasteiger partial charge in [0, 0.05) is 41.2 Å². The van der Waals surface area contributed by atoms with Crippen LogP contribution in [0.1, 0.15) is 11.4 Å². The van der Waals surface area contributed by atoms with Crippen LogP contribution in [0.3, 0.4) is 0 Å². The first-order valence-electron chi connectivity index (χ1n) is 7.81. The second-order valence-corrected chi connectivity index (χ2v) is 7.51. The summed E-state index contributed by atoms with van der Waals surface area (Å²) in [6.07, 6.45) is 0. The summed E-state index contributed by atoms with van der Waals surface area (Å²) in [5, 5.41) is 7.24. The second kappa shape index (κ2) is 8.15. The highest BCUT2D eigenvalue weighted by molar-refractivity contribution is 8.00. The number of nitrogens with two attached hydrogens (primary N) is 1. The molecule has 26 heavy (non-hydrogen) atoms. The molecule has 2 aromatic heterocycles. The van der Waals surface area contributed by atoms with Crippen LogP contribution in [0.25, 0.3) is 11.4 Å². The second-order valence-electron chi connectivity index (χ2n) is 5.43. The highest BCUT2D eigenvalue weighted by Gasteiger charge is 2.08. The minimum absolute atomic E-state index is 0.269. The van der Waals surface area contributed by atoms with Crippen LogP contribution in [0.4, 0.5) is 16.3 Å². The number of aromatic nitrogens is 3. The van der Waals surface area contributed by atoms with E-state index in [-0.39, 0.29) is 6.03 Å². The Morgan fingerprint density at radius 2 is 2.00 bits per heavy atom. The van der Waals surface area contributed by atoms with E-state index in [1.807, 2.05) is 24.4 Å². The summed E-state index contributed by atoms with van der Waals surface area (Å²) in [6.45, 7) is 1.98.